The molecule has 0 N–H and O–H groups in total. The highest BCUT2D eigenvalue weighted by Gasteiger charge is 2.31. The van der Waals surface area contributed by atoms with Crippen molar-refractivity contribution in [1.82, 2.24) is 9.97 Å². The van der Waals surface area contributed by atoms with Crippen LogP contribution in [0.3, 0.4) is 0 Å². The number of nitrogens with zero attached hydrogens (tertiary/aromatic N) is 2. The van der Waals surface area contributed by atoms with Crippen LogP contribution in [0.2, 0.25) is 0 Å². The van der Waals surface area contributed by atoms with E-state index >= 15 is 0 Å². The predicted octanol–water partition coefficient (Wildman–Crippen LogP) is 0.875. The maximum absolute atomic E-state index is 12.0. The van der Waals surface area contributed by atoms with Crippen LogP contribution in [0.1, 0.15) is 11.4 Å². The van der Waals surface area contributed by atoms with Crippen LogP contribution in [-0.4, -0.2) is 18.7 Å². The largest absolute Gasteiger partial charge is 0.772 e. The molecule has 0 aliphatic rings. The Bertz CT molecular complexity index is 338. The van der Waals surface area contributed by atoms with Crippen LogP contribution < -0.4 is 0 Å². The van der Waals surface area contributed by atoms with E-state index in [1.807, 2.05) is 0 Å². The Labute approximate surface area is 79.5 Å². The number of halogens is 3. The molecule has 1 atom stereocenters. The van der Waals surface area contributed by atoms with Crippen LogP contribution >= 0.6 is 0 Å². The van der Waals surface area contributed by atoms with E-state index in [-0.39, 0.29) is 5.82 Å². The first-order valence-corrected chi connectivity index (χ1v) is 4.58. The first-order chi connectivity index (χ1) is 6.39. The highest BCUT2D eigenvalue weighted by molar-refractivity contribution is 7.78. The Morgan fingerprint density at radius 2 is 1.86 bits per heavy atom. The summed E-state index contributed by atoms with van der Waals surface area (Å²) < 4.78 is 56.2. The van der Waals surface area contributed by atoms with Crippen LogP contribution in [0, 0.1) is 0 Å². The Balaban J connectivity index is 2.84. The minimum Gasteiger partial charge on any atom is -0.772 e. The van der Waals surface area contributed by atoms with Gasteiger partial charge >= 0.3 is 6.18 Å². The maximum atomic E-state index is 12.0. The highest BCUT2D eigenvalue weighted by Crippen LogP contribution is 2.27. The molecule has 0 amide bonds. The normalized spacial score (nSPS) is 14.0. The fourth-order valence-electron chi connectivity index (χ4n) is 0.681. The van der Waals surface area contributed by atoms with Gasteiger partial charge in [0.2, 0.25) is 0 Å². The Morgan fingerprint density at radius 3 is 2.21 bits per heavy atom. The molecule has 4 nitrogen and oxygen atoms in total. The number of hydrogen-bond acceptors (Lipinski definition) is 4. The monoisotopic (exact) mass is 225 g/mol. The van der Waals surface area contributed by atoms with Gasteiger partial charge in [0.25, 0.3) is 0 Å². The topological polar surface area (TPSA) is 65.9 Å². The van der Waals surface area contributed by atoms with E-state index < -0.39 is 28.6 Å². The zero-order chi connectivity index (χ0) is 10.8. The van der Waals surface area contributed by atoms with E-state index in [0.29, 0.717) is 12.4 Å². The smallest absolute Gasteiger partial charge is 0.419 e. The van der Waals surface area contributed by atoms with Crippen molar-refractivity contribution in [1.29, 1.82) is 0 Å². The molecular formula is C6H4F3N2O2S-. The molecular weight excluding hydrogens is 221 g/mol. The van der Waals surface area contributed by atoms with Crippen LogP contribution in [0.25, 0.3) is 0 Å². The second-order valence-electron chi connectivity index (χ2n) is 2.33. The molecule has 0 aliphatic heterocycles. The summed E-state index contributed by atoms with van der Waals surface area (Å²) in [4.78, 5) is 6.52. The Kier molecular flexibility index (Phi) is 3.17. The lowest BCUT2D eigenvalue weighted by Gasteiger charge is -2.06. The summed E-state index contributed by atoms with van der Waals surface area (Å²) in [5.74, 6) is -0.649. The van der Waals surface area contributed by atoms with Crippen molar-refractivity contribution in [3.8, 4) is 0 Å². The molecule has 0 aliphatic carbocycles. The van der Waals surface area contributed by atoms with Gasteiger partial charge in [-0.05, 0) is 11.1 Å². The summed E-state index contributed by atoms with van der Waals surface area (Å²) in [7, 11) is 0. The number of aromatic nitrogens is 2. The third kappa shape index (κ3) is 3.04. The van der Waals surface area contributed by atoms with E-state index in [1.165, 1.54) is 0 Å². The van der Waals surface area contributed by atoms with Crippen molar-refractivity contribution in [2.45, 2.75) is 11.9 Å². The molecule has 1 aromatic heterocycles. The van der Waals surface area contributed by atoms with Crippen molar-refractivity contribution in [3.05, 3.63) is 23.8 Å². The standard InChI is InChI=1S/C6H5F3N2O2S/c7-6(8,9)4-1-10-5(11-2-4)3-14(12)13/h1-2H,3H2,(H,12,13)/p-1. The number of alkyl halides is 3. The van der Waals surface area contributed by atoms with Crippen molar-refractivity contribution in [2.24, 2.45) is 0 Å². The second-order valence-corrected chi connectivity index (χ2v) is 3.23. The number of hydrogen-bond donors (Lipinski definition) is 0. The van der Waals surface area contributed by atoms with Crippen LogP contribution in [-0.2, 0) is 23.0 Å². The summed E-state index contributed by atoms with van der Waals surface area (Å²) in [6.07, 6.45) is -3.40. The molecule has 8 heteroatoms. The third-order valence-electron chi connectivity index (χ3n) is 1.28. The van der Waals surface area contributed by atoms with Crippen molar-refractivity contribution in [3.63, 3.8) is 0 Å². The Hall–Kier alpha value is -1.02. The van der Waals surface area contributed by atoms with E-state index in [2.05, 4.69) is 9.97 Å². The van der Waals surface area contributed by atoms with E-state index in [4.69, 9.17) is 0 Å². The molecule has 1 aromatic rings. The van der Waals surface area contributed by atoms with Crippen molar-refractivity contribution >= 4 is 11.1 Å². The summed E-state index contributed by atoms with van der Waals surface area (Å²) in [5, 5.41) is 0. The molecule has 14 heavy (non-hydrogen) atoms. The van der Waals surface area contributed by atoms with Gasteiger partial charge in [-0.25, -0.2) is 9.97 Å². The average Bonchev–Trinajstić information content (AvgIpc) is 2.02. The molecule has 0 spiro atoms. The molecule has 1 rings (SSSR count). The quantitative estimate of drug-likeness (QED) is 0.700. The fraction of sp³-hybridized carbons (Fsp3) is 0.333. The minimum absolute atomic E-state index is 0.161. The summed E-state index contributed by atoms with van der Waals surface area (Å²) in [5.41, 5.74) is -1.00. The summed E-state index contributed by atoms with van der Waals surface area (Å²) in [6.45, 7) is 0. The molecule has 1 unspecified atom stereocenters. The van der Waals surface area contributed by atoms with Gasteiger partial charge in [-0.1, -0.05) is 0 Å². The lowest BCUT2D eigenvalue weighted by Crippen LogP contribution is -2.08. The highest BCUT2D eigenvalue weighted by atomic mass is 32.2. The second kappa shape index (κ2) is 4.01. The molecule has 0 radical (unpaired) electrons. The summed E-state index contributed by atoms with van der Waals surface area (Å²) in [6, 6.07) is 0. The van der Waals surface area contributed by atoms with Gasteiger partial charge in [0, 0.05) is 12.4 Å². The maximum Gasteiger partial charge on any atom is 0.419 e. The SMILES string of the molecule is O=S([O-])Cc1ncc(C(F)(F)F)cn1. The summed E-state index contributed by atoms with van der Waals surface area (Å²) >= 11 is -2.40. The van der Waals surface area contributed by atoms with Gasteiger partial charge in [0.1, 0.15) is 5.82 Å². The van der Waals surface area contributed by atoms with Crippen LogP contribution in [0.5, 0.6) is 0 Å². The third-order valence-corrected chi connectivity index (χ3v) is 1.77. The zero-order valence-electron chi connectivity index (χ0n) is 6.61. The van der Waals surface area contributed by atoms with Crippen LogP contribution in [0.15, 0.2) is 12.4 Å². The van der Waals surface area contributed by atoms with E-state index in [9.17, 15) is 21.9 Å². The first-order valence-electron chi connectivity index (χ1n) is 3.33. The van der Waals surface area contributed by atoms with Gasteiger partial charge in [-0.2, -0.15) is 13.2 Å². The van der Waals surface area contributed by atoms with Gasteiger partial charge in [0.15, 0.2) is 0 Å². The van der Waals surface area contributed by atoms with Gasteiger partial charge in [-0.3, -0.25) is 4.21 Å². The number of rotatable bonds is 2. The molecule has 0 saturated heterocycles. The predicted molar refractivity (Wildman–Crippen MR) is 39.7 cm³/mol. The lowest BCUT2D eigenvalue weighted by molar-refractivity contribution is -0.138. The molecule has 1 heterocycles. The Morgan fingerprint density at radius 1 is 1.36 bits per heavy atom. The van der Waals surface area contributed by atoms with Gasteiger partial charge < -0.3 is 4.55 Å². The van der Waals surface area contributed by atoms with E-state index in [1.54, 1.807) is 0 Å². The minimum atomic E-state index is -4.50. The van der Waals surface area contributed by atoms with Gasteiger partial charge in [0.05, 0.1) is 11.3 Å². The lowest BCUT2D eigenvalue weighted by atomic mass is 10.3. The van der Waals surface area contributed by atoms with E-state index in [0.717, 1.165) is 0 Å². The molecule has 0 saturated carbocycles. The molecule has 0 fully saturated rings. The van der Waals surface area contributed by atoms with Crippen molar-refractivity contribution in [2.75, 3.05) is 0 Å². The average molecular weight is 225 g/mol. The first kappa shape index (κ1) is 11.1. The molecule has 0 aromatic carbocycles. The van der Waals surface area contributed by atoms with Crippen LogP contribution in [0.4, 0.5) is 13.2 Å². The zero-order valence-corrected chi connectivity index (χ0v) is 7.43. The fourth-order valence-corrected chi connectivity index (χ4v) is 1.04. The molecule has 0 bridgehead atoms. The molecule has 78 valence electrons. The van der Waals surface area contributed by atoms with Crippen molar-refractivity contribution < 1.29 is 21.9 Å². The van der Waals surface area contributed by atoms with Gasteiger partial charge in [-0.15, -0.1) is 0 Å².